The van der Waals surface area contributed by atoms with E-state index >= 15 is 0 Å². The Kier molecular flexibility index (Phi) is 7.18. The van der Waals surface area contributed by atoms with Crippen LogP contribution in [0.3, 0.4) is 0 Å². The van der Waals surface area contributed by atoms with Crippen LogP contribution in [0, 0.1) is 0 Å². The van der Waals surface area contributed by atoms with E-state index in [-0.39, 0.29) is 0 Å². The summed E-state index contributed by atoms with van der Waals surface area (Å²) in [5.74, 6) is 0. The van der Waals surface area contributed by atoms with Gasteiger partial charge in [-0.2, -0.15) is 0 Å². The number of nitrogens with zero attached hydrogens (tertiary/aromatic N) is 1. The third kappa shape index (κ3) is 4.96. The Morgan fingerprint density at radius 3 is 1.44 bits per heavy atom. The largest absolute Gasteiger partial charge is 0.454 e. The zero-order chi connectivity index (χ0) is 34.4. The first-order valence-electron chi connectivity index (χ1n) is 17.8. The molecular formula is C50H33NO. The van der Waals surface area contributed by atoms with E-state index in [9.17, 15) is 0 Å². The first-order chi connectivity index (χ1) is 25.8. The standard InChI is InChI=1S/C50H33NO/c1-4-17-34(18-5-1)37-31-38(35-19-6-2-7-20-35)33-39(32-37)51(46-29-16-28-45-42-25-14-15-30-47(42)52-50(45)46)49-44-27-13-11-24-41(44)40-23-10-12-26-43(40)48(49)36-21-8-3-9-22-36/h1-33H. The van der Waals surface area contributed by atoms with Crippen molar-refractivity contribution in [2.45, 2.75) is 0 Å². The SMILES string of the molecule is c1ccc(-c2cc(-c3ccccc3)cc(N(c3c(-c4ccccc4)c4ccccc4c4ccccc34)c3cccc4c3oc3ccccc34)c2)cc1. The van der Waals surface area contributed by atoms with E-state index < -0.39 is 0 Å². The lowest BCUT2D eigenvalue weighted by atomic mass is 9.89. The Balaban J connectivity index is 1.40. The van der Waals surface area contributed by atoms with Gasteiger partial charge in [0.15, 0.2) is 5.58 Å². The van der Waals surface area contributed by atoms with Gasteiger partial charge in [0, 0.05) is 27.4 Å². The van der Waals surface area contributed by atoms with Crippen molar-refractivity contribution in [2.75, 3.05) is 4.90 Å². The average Bonchev–Trinajstić information content (AvgIpc) is 3.61. The molecule has 10 aromatic rings. The summed E-state index contributed by atoms with van der Waals surface area (Å²) in [6.45, 7) is 0. The second-order valence-corrected chi connectivity index (χ2v) is 13.3. The van der Waals surface area contributed by atoms with Gasteiger partial charge >= 0.3 is 0 Å². The topological polar surface area (TPSA) is 16.4 Å². The molecule has 0 aliphatic heterocycles. The average molecular weight is 664 g/mol. The molecular weight excluding hydrogens is 631 g/mol. The second-order valence-electron chi connectivity index (χ2n) is 13.3. The fourth-order valence-electron chi connectivity index (χ4n) is 7.88. The first kappa shape index (κ1) is 30.0. The first-order valence-corrected chi connectivity index (χ1v) is 17.8. The van der Waals surface area contributed by atoms with E-state index in [1.54, 1.807) is 0 Å². The Labute approximate surface area is 302 Å². The minimum Gasteiger partial charge on any atom is -0.454 e. The summed E-state index contributed by atoms with van der Waals surface area (Å²) in [5, 5.41) is 7.00. The van der Waals surface area contributed by atoms with Crippen LogP contribution in [0.25, 0.3) is 76.9 Å². The molecule has 0 saturated heterocycles. The van der Waals surface area contributed by atoms with Crippen molar-refractivity contribution in [3.8, 4) is 33.4 Å². The van der Waals surface area contributed by atoms with E-state index in [1.165, 1.54) is 27.1 Å². The van der Waals surface area contributed by atoms with E-state index in [0.29, 0.717) is 0 Å². The van der Waals surface area contributed by atoms with Gasteiger partial charge in [0.2, 0.25) is 0 Å². The number of benzene rings is 9. The highest BCUT2D eigenvalue weighted by molar-refractivity contribution is 6.23. The summed E-state index contributed by atoms with van der Waals surface area (Å²) in [5.41, 5.74) is 11.8. The summed E-state index contributed by atoms with van der Waals surface area (Å²) in [6.07, 6.45) is 0. The van der Waals surface area contributed by atoms with Crippen LogP contribution in [0.2, 0.25) is 0 Å². The Bertz CT molecular complexity index is 2830. The molecule has 10 rings (SSSR count). The van der Waals surface area contributed by atoms with Crippen LogP contribution in [-0.4, -0.2) is 0 Å². The Hall–Kier alpha value is -6.90. The molecule has 244 valence electrons. The molecule has 2 nitrogen and oxygen atoms in total. The fraction of sp³-hybridized carbons (Fsp3) is 0. The van der Waals surface area contributed by atoms with Crippen molar-refractivity contribution < 1.29 is 4.42 Å². The molecule has 0 atom stereocenters. The van der Waals surface area contributed by atoms with E-state index in [0.717, 1.165) is 66.8 Å². The molecule has 1 aromatic heterocycles. The smallest absolute Gasteiger partial charge is 0.159 e. The van der Waals surface area contributed by atoms with Crippen LogP contribution in [0.4, 0.5) is 17.1 Å². The molecule has 1 heterocycles. The molecule has 0 N–H and O–H groups in total. The van der Waals surface area contributed by atoms with Crippen LogP contribution in [-0.2, 0) is 0 Å². The van der Waals surface area contributed by atoms with Crippen LogP contribution in [0.1, 0.15) is 0 Å². The number of para-hydroxylation sites is 2. The lowest BCUT2D eigenvalue weighted by molar-refractivity contribution is 0.669. The molecule has 0 amide bonds. The van der Waals surface area contributed by atoms with Crippen molar-refractivity contribution in [1.82, 2.24) is 0 Å². The molecule has 0 radical (unpaired) electrons. The lowest BCUT2D eigenvalue weighted by Gasteiger charge is -2.31. The molecule has 52 heavy (non-hydrogen) atoms. The third-order valence-corrected chi connectivity index (χ3v) is 10.2. The van der Waals surface area contributed by atoms with Crippen molar-refractivity contribution in [3.05, 3.63) is 200 Å². The van der Waals surface area contributed by atoms with Gasteiger partial charge < -0.3 is 9.32 Å². The van der Waals surface area contributed by atoms with Gasteiger partial charge in [0.05, 0.1) is 11.4 Å². The van der Waals surface area contributed by atoms with Crippen LogP contribution >= 0.6 is 0 Å². The van der Waals surface area contributed by atoms with Gasteiger partial charge in [0.25, 0.3) is 0 Å². The Morgan fingerprint density at radius 1 is 0.327 bits per heavy atom. The monoisotopic (exact) mass is 663 g/mol. The molecule has 0 spiro atoms. The number of hydrogen-bond donors (Lipinski definition) is 0. The molecule has 0 fully saturated rings. The van der Waals surface area contributed by atoms with Crippen LogP contribution in [0.15, 0.2) is 205 Å². The van der Waals surface area contributed by atoms with E-state index in [1.807, 2.05) is 6.07 Å². The summed E-state index contributed by atoms with van der Waals surface area (Å²) in [4.78, 5) is 2.46. The highest BCUT2D eigenvalue weighted by Crippen LogP contribution is 2.52. The van der Waals surface area contributed by atoms with Gasteiger partial charge in [-0.3, -0.25) is 0 Å². The van der Waals surface area contributed by atoms with Crippen molar-refractivity contribution in [1.29, 1.82) is 0 Å². The van der Waals surface area contributed by atoms with Crippen LogP contribution in [0.5, 0.6) is 0 Å². The summed E-state index contributed by atoms with van der Waals surface area (Å²) >= 11 is 0. The van der Waals surface area contributed by atoms with Gasteiger partial charge in [0.1, 0.15) is 5.58 Å². The maximum Gasteiger partial charge on any atom is 0.159 e. The minimum absolute atomic E-state index is 0.853. The fourth-order valence-corrected chi connectivity index (χ4v) is 7.88. The second kappa shape index (κ2) is 12.5. The molecule has 0 saturated carbocycles. The summed E-state index contributed by atoms with van der Waals surface area (Å²) in [6, 6.07) is 71.7. The number of hydrogen-bond acceptors (Lipinski definition) is 2. The van der Waals surface area contributed by atoms with Crippen molar-refractivity contribution >= 4 is 60.5 Å². The van der Waals surface area contributed by atoms with Gasteiger partial charge in [-0.25, -0.2) is 0 Å². The molecule has 0 unspecified atom stereocenters. The van der Waals surface area contributed by atoms with Gasteiger partial charge in [-0.1, -0.05) is 170 Å². The highest BCUT2D eigenvalue weighted by Gasteiger charge is 2.27. The zero-order valence-corrected chi connectivity index (χ0v) is 28.4. The number of rotatable bonds is 6. The van der Waals surface area contributed by atoms with Crippen molar-refractivity contribution in [2.24, 2.45) is 0 Å². The summed E-state index contributed by atoms with van der Waals surface area (Å²) in [7, 11) is 0. The zero-order valence-electron chi connectivity index (χ0n) is 28.4. The van der Waals surface area contributed by atoms with Crippen LogP contribution < -0.4 is 4.90 Å². The summed E-state index contributed by atoms with van der Waals surface area (Å²) < 4.78 is 6.84. The maximum atomic E-state index is 6.84. The number of anilines is 3. The Morgan fingerprint density at radius 2 is 0.808 bits per heavy atom. The maximum absolute atomic E-state index is 6.84. The molecule has 2 heteroatoms. The molecule has 0 bridgehead atoms. The molecule has 9 aromatic carbocycles. The quantitative estimate of drug-likeness (QED) is 0.165. The van der Waals surface area contributed by atoms with Gasteiger partial charge in [-0.15, -0.1) is 0 Å². The van der Waals surface area contributed by atoms with Gasteiger partial charge in [-0.05, 0) is 74.3 Å². The normalized spacial score (nSPS) is 11.5. The van der Waals surface area contributed by atoms with E-state index in [2.05, 4.69) is 199 Å². The highest BCUT2D eigenvalue weighted by atomic mass is 16.3. The molecule has 0 aliphatic carbocycles. The predicted molar refractivity (Wildman–Crippen MR) is 220 cm³/mol. The molecule has 0 aliphatic rings. The predicted octanol–water partition coefficient (Wildman–Crippen LogP) is 14.4. The van der Waals surface area contributed by atoms with Crippen molar-refractivity contribution in [3.63, 3.8) is 0 Å². The van der Waals surface area contributed by atoms with E-state index in [4.69, 9.17) is 4.42 Å². The third-order valence-electron chi connectivity index (χ3n) is 10.2. The minimum atomic E-state index is 0.853. The lowest BCUT2D eigenvalue weighted by Crippen LogP contribution is -2.13. The number of furan rings is 1. The number of fused-ring (bicyclic) bond motifs is 6.